The summed E-state index contributed by atoms with van der Waals surface area (Å²) in [5.41, 5.74) is 14.9. The van der Waals surface area contributed by atoms with E-state index in [1.807, 2.05) is 6.92 Å². The molecule has 2 heterocycles. The van der Waals surface area contributed by atoms with E-state index in [2.05, 4.69) is 16.4 Å². The number of nitrogen functional groups attached to an aromatic ring is 2. The highest BCUT2D eigenvalue weighted by atomic mass is 32.1. The highest BCUT2D eigenvalue weighted by Gasteiger charge is 2.27. The Morgan fingerprint density at radius 1 is 1.11 bits per heavy atom. The minimum absolute atomic E-state index is 0.171. The van der Waals surface area contributed by atoms with Gasteiger partial charge in [0.25, 0.3) is 11.7 Å². The molecule has 4 rings (SSSR count). The van der Waals surface area contributed by atoms with Gasteiger partial charge in [-0.25, -0.2) is 4.98 Å². The number of hydrogen-bond acceptors (Lipinski definition) is 8. The third-order valence-corrected chi connectivity index (χ3v) is 6.50. The van der Waals surface area contributed by atoms with E-state index < -0.39 is 0 Å². The minimum Gasteiger partial charge on any atom is -0.494 e. The van der Waals surface area contributed by atoms with E-state index in [4.69, 9.17) is 25.7 Å². The fourth-order valence-corrected chi connectivity index (χ4v) is 4.81. The number of nitrogens with two attached hydrogens (primary N) is 2. The maximum atomic E-state index is 13.1. The van der Waals surface area contributed by atoms with Gasteiger partial charge in [-0.15, -0.1) is 0 Å². The van der Waals surface area contributed by atoms with Gasteiger partial charge in [-0.2, -0.15) is 5.26 Å². The van der Waals surface area contributed by atoms with Crippen LogP contribution >= 0.6 is 11.3 Å². The Morgan fingerprint density at radius 3 is 2.46 bits per heavy atom. The summed E-state index contributed by atoms with van der Waals surface area (Å²) in [5, 5.41) is 13.3. The lowest BCUT2D eigenvalue weighted by molar-refractivity contribution is -0.323. The van der Waals surface area contributed by atoms with Crippen LogP contribution in [-0.2, 0) is 0 Å². The number of aromatic nitrogens is 1. The average molecular weight is 491 g/mol. The van der Waals surface area contributed by atoms with Crippen molar-refractivity contribution in [3.8, 4) is 34.4 Å². The zero-order valence-corrected chi connectivity index (χ0v) is 20.2. The number of methoxy groups -OCH3 is 2. The predicted molar refractivity (Wildman–Crippen MR) is 136 cm³/mol. The highest BCUT2D eigenvalue weighted by molar-refractivity contribution is 7.21. The molecule has 0 fully saturated rings. The first kappa shape index (κ1) is 23.7. The average Bonchev–Trinajstić information content (AvgIpc) is 3.19. The Balaban J connectivity index is 1.82. The molecule has 6 N–H and O–H groups in total. The Hall–Kier alpha value is -4.49. The van der Waals surface area contributed by atoms with Crippen LogP contribution in [-0.4, -0.2) is 26.7 Å². The number of ether oxygens (including phenoxy) is 3. The molecule has 0 radical (unpaired) electrons. The van der Waals surface area contributed by atoms with Gasteiger partial charge in [-0.05, 0) is 48.9 Å². The van der Waals surface area contributed by atoms with Gasteiger partial charge in [0.05, 0.1) is 31.9 Å². The zero-order chi connectivity index (χ0) is 25.1. The Morgan fingerprint density at radius 2 is 1.83 bits per heavy atom. The quantitative estimate of drug-likeness (QED) is 0.353. The third kappa shape index (κ3) is 4.37. The first-order valence-electron chi connectivity index (χ1n) is 10.6. The first-order chi connectivity index (χ1) is 16.9. The van der Waals surface area contributed by atoms with Crippen molar-refractivity contribution in [2.24, 2.45) is 0 Å². The number of nitrogens with zero attached hydrogens (tertiary/aromatic N) is 1. The summed E-state index contributed by atoms with van der Waals surface area (Å²) < 4.78 is 16.2. The van der Waals surface area contributed by atoms with Crippen molar-refractivity contribution in [2.75, 3.05) is 37.6 Å². The van der Waals surface area contributed by atoms with Gasteiger partial charge in [-0.3, -0.25) is 10.5 Å². The molecule has 1 amide bonds. The van der Waals surface area contributed by atoms with Crippen LogP contribution in [0.1, 0.15) is 22.2 Å². The summed E-state index contributed by atoms with van der Waals surface area (Å²) >= 11 is 1.16. The molecule has 2 aromatic heterocycles. The summed E-state index contributed by atoms with van der Waals surface area (Å²) in [7, 11) is 3.07. The molecule has 0 aliphatic rings. The molecule has 0 aliphatic heterocycles. The van der Waals surface area contributed by atoms with Gasteiger partial charge in [0, 0.05) is 11.3 Å². The number of aromatic amines is 1. The molecule has 0 spiro atoms. The van der Waals surface area contributed by atoms with Gasteiger partial charge < -0.3 is 25.3 Å². The predicted octanol–water partition coefficient (Wildman–Crippen LogP) is 4.09. The van der Waals surface area contributed by atoms with Crippen molar-refractivity contribution in [2.45, 2.75) is 6.92 Å². The standard InChI is InChI=1S/C25H23N5O4S/c1-4-34-15-8-6-14(7-9-15)29-24(31)22-21(27)20-19(16(12-26)23(28)30-25(20)35-22)13-5-10-17(32-2)18(11-13)33-3/h5-11H,4,27H2,1-3H3,(H2,28,30)(H,29,31)/p+1. The van der Waals surface area contributed by atoms with Crippen LogP contribution in [0, 0.1) is 11.3 Å². The number of nitrogens with one attached hydrogen (secondary N) is 2. The Bertz CT molecular complexity index is 1460. The number of carbonyl (C=O) groups is 1. The number of benzene rings is 2. The van der Waals surface area contributed by atoms with E-state index in [9.17, 15) is 10.1 Å². The van der Waals surface area contributed by atoms with Gasteiger partial charge in [0.2, 0.25) is 0 Å². The van der Waals surface area contributed by atoms with E-state index in [1.54, 1.807) is 42.5 Å². The van der Waals surface area contributed by atoms with Crippen molar-refractivity contribution in [1.82, 2.24) is 0 Å². The maximum absolute atomic E-state index is 13.1. The number of anilines is 3. The molecular weight excluding hydrogens is 466 g/mol. The number of H-pyrrole nitrogens is 1. The number of carbonyl (C=O) groups excluding carboxylic acids is 1. The van der Waals surface area contributed by atoms with E-state index in [1.165, 1.54) is 14.2 Å². The normalized spacial score (nSPS) is 10.6. The lowest BCUT2D eigenvalue weighted by Crippen LogP contribution is -2.13. The second-order valence-electron chi connectivity index (χ2n) is 7.43. The number of hydrogen-bond donors (Lipinski definition) is 3. The molecule has 0 saturated carbocycles. The molecule has 35 heavy (non-hydrogen) atoms. The van der Waals surface area contributed by atoms with Crippen LogP contribution in [0.5, 0.6) is 17.2 Å². The number of amides is 1. The molecule has 178 valence electrons. The lowest BCUT2D eigenvalue weighted by Gasteiger charge is -2.12. The molecule has 0 saturated heterocycles. The SMILES string of the molecule is CCOc1ccc(NC(=O)c2sc3[nH+]c(N)c(C#N)c(-c4ccc(OC)c(OC)c4)c3c2N)cc1. The number of thiophene rings is 1. The van der Waals surface area contributed by atoms with Crippen LogP contribution in [0.2, 0.25) is 0 Å². The Labute approximate surface area is 205 Å². The van der Waals surface area contributed by atoms with E-state index in [0.717, 1.165) is 11.3 Å². The topological polar surface area (TPSA) is 147 Å². The largest absolute Gasteiger partial charge is 0.494 e. The summed E-state index contributed by atoms with van der Waals surface area (Å²) in [4.78, 5) is 17.0. The van der Waals surface area contributed by atoms with Crippen LogP contribution in [0.3, 0.4) is 0 Å². The lowest BCUT2D eigenvalue weighted by atomic mass is 9.97. The van der Waals surface area contributed by atoms with E-state index >= 15 is 0 Å². The molecule has 4 aromatic rings. The number of rotatable bonds is 7. The van der Waals surface area contributed by atoms with Crippen molar-refractivity contribution >= 4 is 44.7 Å². The molecule has 10 heteroatoms. The summed E-state index contributed by atoms with van der Waals surface area (Å²) in [6, 6.07) is 14.5. The van der Waals surface area contributed by atoms with Crippen molar-refractivity contribution < 1.29 is 24.0 Å². The third-order valence-electron chi connectivity index (χ3n) is 5.38. The summed E-state index contributed by atoms with van der Waals surface area (Å²) in [5.74, 6) is 1.52. The fraction of sp³-hybridized carbons (Fsp3) is 0.160. The molecule has 0 unspecified atom stereocenters. The molecule has 9 nitrogen and oxygen atoms in total. The smallest absolute Gasteiger partial charge is 0.290 e. The molecule has 0 atom stereocenters. The second kappa shape index (κ2) is 9.79. The molecule has 2 aromatic carbocycles. The number of pyridine rings is 1. The van der Waals surface area contributed by atoms with Gasteiger partial charge in [-0.1, -0.05) is 17.4 Å². The van der Waals surface area contributed by atoms with Crippen molar-refractivity contribution in [3.05, 3.63) is 52.9 Å². The van der Waals surface area contributed by atoms with Crippen LogP contribution in [0.25, 0.3) is 21.3 Å². The summed E-state index contributed by atoms with van der Waals surface area (Å²) in [6.45, 7) is 2.45. The van der Waals surface area contributed by atoms with E-state index in [-0.39, 0.29) is 23.0 Å². The maximum Gasteiger partial charge on any atom is 0.290 e. The van der Waals surface area contributed by atoms with Gasteiger partial charge in [0.1, 0.15) is 22.3 Å². The van der Waals surface area contributed by atoms with Crippen LogP contribution in [0.15, 0.2) is 42.5 Å². The number of fused-ring (bicyclic) bond motifs is 1. The van der Waals surface area contributed by atoms with Gasteiger partial charge >= 0.3 is 0 Å². The minimum atomic E-state index is -0.378. The first-order valence-corrected chi connectivity index (χ1v) is 11.5. The van der Waals surface area contributed by atoms with Gasteiger partial charge in [0.15, 0.2) is 16.3 Å². The molecular formula is C25H24N5O4S+. The summed E-state index contributed by atoms with van der Waals surface area (Å²) in [6.07, 6.45) is 0. The molecule has 0 aliphatic carbocycles. The Kier molecular flexibility index (Phi) is 6.62. The fourth-order valence-electron chi connectivity index (χ4n) is 3.78. The van der Waals surface area contributed by atoms with Crippen molar-refractivity contribution in [3.63, 3.8) is 0 Å². The van der Waals surface area contributed by atoms with Crippen LogP contribution in [0.4, 0.5) is 17.2 Å². The van der Waals surface area contributed by atoms with Crippen LogP contribution < -0.4 is 36.0 Å². The number of nitriles is 1. The van der Waals surface area contributed by atoms with E-state index in [0.29, 0.717) is 55.8 Å². The monoisotopic (exact) mass is 490 g/mol. The van der Waals surface area contributed by atoms with Crippen molar-refractivity contribution in [1.29, 1.82) is 5.26 Å². The highest BCUT2D eigenvalue weighted by Crippen LogP contribution is 2.43. The zero-order valence-electron chi connectivity index (χ0n) is 19.4. The second-order valence-corrected chi connectivity index (χ2v) is 8.45. The molecule has 0 bridgehead atoms.